The van der Waals surface area contributed by atoms with Crippen LogP contribution in [-0.4, -0.2) is 58.3 Å². The van der Waals surface area contributed by atoms with Crippen LogP contribution in [0.5, 0.6) is 0 Å². The molecule has 35 heavy (non-hydrogen) atoms. The van der Waals surface area contributed by atoms with Gasteiger partial charge in [-0.05, 0) is 69.6 Å². The van der Waals surface area contributed by atoms with Crippen molar-refractivity contribution in [3.05, 3.63) is 36.2 Å². The third kappa shape index (κ3) is 5.41. The normalized spacial score (nSPS) is 21.7. The number of nitrogens with one attached hydrogen (secondary N) is 1. The first kappa shape index (κ1) is 23.9. The van der Waals surface area contributed by atoms with Crippen molar-refractivity contribution >= 4 is 28.4 Å². The fourth-order valence-electron chi connectivity index (χ4n) is 5.10. The highest BCUT2D eigenvalue weighted by Gasteiger charge is 2.28. The van der Waals surface area contributed by atoms with Gasteiger partial charge in [-0.25, -0.2) is 19.0 Å². The van der Waals surface area contributed by atoms with Crippen LogP contribution in [0.1, 0.15) is 51.1 Å². The molecule has 3 aromatic heterocycles. The predicted octanol–water partition coefficient (Wildman–Crippen LogP) is 4.39. The Balaban J connectivity index is 1.40. The van der Waals surface area contributed by atoms with E-state index in [4.69, 9.17) is 20.4 Å². The summed E-state index contributed by atoms with van der Waals surface area (Å²) in [5.74, 6) is 2.11. The molecule has 0 bridgehead atoms. The molecule has 0 radical (unpaired) electrons. The summed E-state index contributed by atoms with van der Waals surface area (Å²) >= 11 is 0. The topological polar surface area (TPSA) is 94.1 Å². The Morgan fingerprint density at radius 1 is 1.17 bits per heavy atom. The first-order valence-corrected chi connectivity index (χ1v) is 12.8. The summed E-state index contributed by atoms with van der Waals surface area (Å²) in [6, 6.07) is 5.77. The number of rotatable bonds is 7. The van der Waals surface area contributed by atoms with Crippen molar-refractivity contribution in [1.82, 2.24) is 19.7 Å². The molecular formula is C26H36FN7O. The third-order valence-corrected chi connectivity index (χ3v) is 7.22. The maximum absolute atomic E-state index is 14.1. The quantitative estimate of drug-likeness (QED) is 0.517. The average molecular weight is 482 g/mol. The smallest absolute Gasteiger partial charge is 0.160 e. The highest BCUT2D eigenvalue weighted by Crippen LogP contribution is 2.31. The molecule has 0 aromatic carbocycles. The van der Waals surface area contributed by atoms with Gasteiger partial charge in [0.2, 0.25) is 0 Å². The van der Waals surface area contributed by atoms with Gasteiger partial charge in [-0.15, -0.1) is 0 Å². The van der Waals surface area contributed by atoms with E-state index in [1.807, 2.05) is 29.2 Å². The Labute approximate surface area is 206 Å². The van der Waals surface area contributed by atoms with Crippen molar-refractivity contribution in [2.45, 2.75) is 64.2 Å². The molecule has 8 nitrogen and oxygen atoms in total. The number of halogens is 1. The standard InChI is InChI=1S/C26H36FN7O/c1-17(2)34-26-20(15-30-34)5-6-24(32-26)31-25-13-23(33-10-7-21(27)22(28)16-33)19(14-29-25)4-3-18-8-11-35-12-9-18/h5-6,13-15,17-18,21-22H,3-4,7-12,16,28H2,1-2H3,(H,29,31,32)/t21-,22+/m0/s1. The lowest BCUT2D eigenvalue weighted by Gasteiger charge is -2.36. The molecule has 0 saturated carbocycles. The summed E-state index contributed by atoms with van der Waals surface area (Å²) in [7, 11) is 0. The summed E-state index contributed by atoms with van der Waals surface area (Å²) in [6.07, 6.45) is 7.57. The first-order chi connectivity index (χ1) is 17.0. The molecule has 5 heterocycles. The van der Waals surface area contributed by atoms with Gasteiger partial charge in [0, 0.05) is 55.7 Å². The van der Waals surface area contributed by atoms with Gasteiger partial charge in [-0.3, -0.25) is 0 Å². The van der Waals surface area contributed by atoms with Gasteiger partial charge in [0.25, 0.3) is 0 Å². The zero-order chi connectivity index (χ0) is 24.4. The van der Waals surface area contributed by atoms with E-state index >= 15 is 0 Å². The fourth-order valence-corrected chi connectivity index (χ4v) is 5.10. The molecule has 3 aromatic rings. The zero-order valence-corrected chi connectivity index (χ0v) is 20.7. The van der Waals surface area contributed by atoms with E-state index in [-0.39, 0.29) is 6.04 Å². The molecule has 5 rings (SSSR count). The Bertz CT molecular complexity index is 1140. The van der Waals surface area contributed by atoms with Crippen LogP contribution < -0.4 is 16.0 Å². The number of hydrogen-bond acceptors (Lipinski definition) is 7. The molecule has 9 heteroatoms. The maximum Gasteiger partial charge on any atom is 0.160 e. The van der Waals surface area contributed by atoms with Gasteiger partial charge in [-0.1, -0.05) is 0 Å². The second-order valence-corrected chi connectivity index (χ2v) is 10.1. The second kappa shape index (κ2) is 10.5. The number of nitrogens with two attached hydrogens (primary N) is 1. The fraction of sp³-hybridized carbons (Fsp3) is 0.577. The molecule has 0 spiro atoms. The van der Waals surface area contributed by atoms with E-state index in [1.54, 1.807) is 0 Å². The Morgan fingerprint density at radius 3 is 2.77 bits per heavy atom. The monoisotopic (exact) mass is 481 g/mol. The number of pyridine rings is 2. The number of aryl methyl sites for hydroxylation is 1. The molecule has 2 aliphatic rings. The Hall–Kier alpha value is -2.78. The van der Waals surface area contributed by atoms with Crippen molar-refractivity contribution in [2.24, 2.45) is 11.7 Å². The largest absolute Gasteiger partial charge is 0.381 e. The van der Waals surface area contributed by atoms with Gasteiger partial charge < -0.3 is 20.7 Å². The summed E-state index contributed by atoms with van der Waals surface area (Å²) in [4.78, 5) is 11.7. The third-order valence-electron chi connectivity index (χ3n) is 7.22. The summed E-state index contributed by atoms with van der Waals surface area (Å²) in [5, 5.41) is 8.83. The molecule has 2 atom stereocenters. The van der Waals surface area contributed by atoms with Gasteiger partial charge in [0.1, 0.15) is 17.8 Å². The van der Waals surface area contributed by atoms with E-state index in [2.05, 4.69) is 35.2 Å². The molecule has 0 aliphatic carbocycles. The number of aromatic nitrogens is 4. The molecule has 3 N–H and O–H groups in total. The Kier molecular flexibility index (Phi) is 7.15. The van der Waals surface area contributed by atoms with Gasteiger partial charge in [0.05, 0.1) is 12.2 Å². The number of alkyl halides is 1. The van der Waals surface area contributed by atoms with Crippen molar-refractivity contribution in [2.75, 3.05) is 36.5 Å². The maximum atomic E-state index is 14.1. The van der Waals surface area contributed by atoms with E-state index in [9.17, 15) is 4.39 Å². The SMILES string of the molecule is CC(C)n1ncc2ccc(Nc3cc(N4CC[C@H](F)[C@H](N)C4)c(CCC4CCOCC4)cn3)nc21. The van der Waals surface area contributed by atoms with Crippen LogP contribution in [0.3, 0.4) is 0 Å². The van der Waals surface area contributed by atoms with Gasteiger partial charge in [-0.2, -0.15) is 5.10 Å². The molecule has 188 valence electrons. The molecule has 2 aliphatic heterocycles. The minimum atomic E-state index is -0.946. The van der Waals surface area contributed by atoms with Crippen molar-refractivity contribution < 1.29 is 9.13 Å². The number of fused-ring (bicyclic) bond motifs is 1. The van der Waals surface area contributed by atoms with E-state index < -0.39 is 12.2 Å². The zero-order valence-electron chi connectivity index (χ0n) is 20.7. The van der Waals surface area contributed by atoms with Gasteiger partial charge >= 0.3 is 0 Å². The van der Waals surface area contributed by atoms with Crippen LogP contribution in [0.2, 0.25) is 0 Å². The average Bonchev–Trinajstić information content (AvgIpc) is 3.29. The summed E-state index contributed by atoms with van der Waals surface area (Å²) in [5.41, 5.74) is 9.23. The van der Waals surface area contributed by atoms with Crippen LogP contribution >= 0.6 is 0 Å². The summed E-state index contributed by atoms with van der Waals surface area (Å²) < 4.78 is 21.5. The van der Waals surface area contributed by atoms with Crippen LogP contribution in [0.15, 0.2) is 30.6 Å². The van der Waals surface area contributed by atoms with Crippen LogP contribution in [-0.2, 0) is 11.2 Å². The first-order valence-electron chi connectivity index (χ1n) is 12.8. The Morgan fingerprint density at radius 2 is 2.00 bits per heavy atom. The second-order valence-electron chi connectivity index (χ2n) is 10.1. The van der Waals surface area contributed by atoms with Crippen LogP contribution in [0.25, 0.3) is 11.0 Å². The van der Waals surface area contributed by atoms with E-state index in [0.717, 1.165) is 55.6 Å². The lowest BCUT2D eigenvalue weighted by Crippen LogP contribution is -2.50. The molecule has 2 saturated heterocycles. The van der Waals surface area contributed by atoms with Crippen LogP contribution in [0, 0.1) is 5.92 Å². The number of hydrogen-bond donors (Lipinski definition) is 2. The minimum Gasteiger partial charge on any atom is -0.381 e. The van der Waals surface area contributed by atoms with E-state index in [1.165, 1.54) is 5.56 Å². The number of ether oxygens (including phenoxy) is 1. The molecular weight excluding hydrogens is 445 g/mol. The number of piperidine rings is 1. The highest BCUT2D eigenvalue weighted by molar-refractivity contribution is 5.77. The lowest BCUT2D eigenvalue weighted by atomic mass is 9.92. The van der Waals surface area contributed by atoms with Crippen molar-refractivity contribution in [3.8, 4) is 0 Å². The number of nitrogens with zero attached hydrogens (tertiary/aromatic N) is 5. The van der Waals surface area contributed by atoms with Crippen molar-refractivity contribution in [3.63, 3.8) is 0 Å². The molecule has 0 unspecified atom stereocenters. The summed E-state index contributed by atoms with van der Waals surface area (Å²) in [6.45, 7) is 7.04. The molecule has 2 fully saturated rings. The van der Waals surface area contributed by atoms with Crippen LogP contribution in [0.4, 0.5) is 21.7 Å². The molecule has 0 amide bonds. The van der Waals surface area contributed by atoms with Gasteiger partial charge in [0.15, 0.2) is 5.65 Å². The minimum absolute atomic E-state index is 0.220. The lowest BCUT2D eigenvalue weighted by molar-refractivity contribution is 0.0640. The number of anilines is 3. The van der Waals surface area contributed by atoms with Crippen molar-refractivity contribution in [1.29, 1.82) is 0 Å². The predicted molar refractivity (Wildman–Crippen MR) is 137 cm³/mol. The van der Waals surface area contributed by atoms with E-state index in [0.29, 0.717) is 37.1 Å². The highest BCUT2D eigenvalue weighted by atomic mass is 19.1.